The molecule has 8 heavy (non-hydrogen) atoms. The molecule has 0 radical (unpaired) electrons. The zero-order valence-electron chi connectivity index (χ0n) is 3.34. The summed E-state index contributed by atoms with van der Waals surface area (Å²) in [4.78, 5) is 0. The Kier molecular flexibility index (Phi) is 8.89. The van der Waals surface area contributed by atoms with E-state index in [1.807, 2.05) is 0 Å². The fourth-order valence-corrected chi connectivity index (χ4v) is 0. The van der Waals surface area contributed by atoms with Crippen molar-refractivity contribution in [3.63, 3.8) is 0 Å². The van der Waals surface area contributed by atoms with Crippen LogP contribution in [0, 0.1) is 0 Å². The average Bonchev–Trinajstić information content (AvgIpc) is 1.25. The van der Waals surface area contributed by atoms with Crippen LogP contribution in [0.4, 0.5) is 0 Å². The van der Waals surface area contributed by atoms with Crippen molar-refractivity contribution >= 4 is 22.0 Å². The Morgan fingerprint density at radius 2 is 0.875 bits per heavy atom. The molecule has 0 atom stereocenters. The van der Waals surface area contributed by atoms with Gasteiger partial charge in [-0.15, -0.1) is 12.6 Å². The Balaban J connectivity index is 0. The normalized spacial score (nSPS) is 7.38. The van der Waals surface area contributed by atoms with Gasteiger partial charge in [-0.3, -0.25) is 9.11 Å². The van der Waals surface area contributed by atoms with Crippen LogP contribution >= 0.6 is 0 Å². The van der Waals surface area contributed by atoms with Gasteiger partial charge in [0.25, 0.3) is 11.4 Å². The molecule has 0 aliphatic carbocycles. The van der Waals surface area contributed by atoms with E-state index in [-0.39, 0.29) is 0 Å². The van der Waals surface area contributed by atoms with Gasteiger partial charge in [-0.05, 0) is 0 Å². The summed E-state index contributed by atoms with van der Waals surface area (Å²) in [5.74, 6) is 0. The molecule has 0 heterocycles. The Bertz CT molecular complexity index is 135. The van der Waals surface area contributed by atoms with Crippen LogP contribution in [0.2, 0.25) is 0 Å². The van der Waals surface area contributed by atoms with Crippen molar-refractivity contribution in [2.24, 2.45) is 0 Å². The summed E-state index contributed by atoms with van der Waals surface area (Å²) < 4.78 is 48.2. The van der Waals surface area contributed by atoms with Gasteiger partial charge in [0, 0.05) is 0 Å². The zero-order valence-corrected chi connectivity index (χ0v) is 4.98. The molecule has 0 amide bonds. The molecule has 0 unspecified atom stereocenters. The molecule has 0 saturated heterocycles. The molecule has 0 aliphatic heterocycles. The van der Waals surface area contributed by atoms with Crippen molar-refractivity contribution in [1.29, 1.82) is 0 Å². The maximum Gasteiger partial charge on any atom is 0.425 e. The van der Waals surface area contributed by atoms with Gasteiger partial charge >= 0.3 is 10.6 Å². The molecule has 0 saturated carbocycles. The van der Waals surface area contributed by atoms with Crippen molar-refractivity contribution in [2.45, 2.75) is 0 Å². The molecule has 0 rings (SSSR count). The smallest absolute Gasteiger partial charge is 0.284 e. The van der Waals surface area contributed by atoms with E-state index in [1.54, 1.807) is 0 Å². The highest BCUT2D eigenvalue weighted by atomic mass is 32.2. The molecule has 50 valence electrons. The monoisotopic (exact) mass is 162 g/mol. The highest BCUT2D eigenvalue weighted by Gasteiger charge is 1.62. The van der Waals surface area contributed by atoms with Crippen molar-refractivity contribution in [3.05, 3.63) is 0 Å². The van der Waals surface area contributed by atoms with Crippen LogP contribution in [0.1, 0.15) is 0 Å². The van der Waals surface area contributed by atoms with Crippen molar-refractivity contribution < 1.29 is 25.9 Å². The Morgan fingerprint density at radius 1 is 0.875 bits per heavy atom. The third kappa shape index (κ3) is 1300. The maximum absolute atomic E-state index is 8.67. The van der Waals surface area contributed by atoms with E-state index >= 15 is 0 Å². The Labute approximate surface area is 48.7 Å². The first kappa shape index (κ1) is 10.6. The van der Waals surface area contributed by atoms with Gasteiger partial charge in [-0.1, -0.05) is 0 Å². The molecule has 0 aromatic carbocycles. The van der Waals surface area contributed by atoms with Crippen LogP contribution in [0.25, 0.3) is 0 Å². The molecule has 6 nitrogen and oxygen atoms in total. The molecule has 2 N–H and O–H groups in total. The topological polar surface area (TPSA) is 109 Å². The summed E-state index contributed by atoms with van der Waals surface area (Å²) in [7, 11) is -3.11. The summed E-state index contributed by atoms with van der Waals surface area (Å²) in [6.45, 7) is 0. The third-order valence-electron chi connectivity index (χ3n) is 0. The predicted molar refractivity (Wildman–Crippen MR) is 23.1 cm³/mol. The zero-order chi connectivity index (χ0) is 7.15. The summed E-state index contributed by atoms with van der Waals surface area (Å²) in [5.41, 5.74) is 0. The highest BCUT2D eigenvalue weighted by Crippen LogP contribution is 1.44. The van der Waals surface area contributed by atoms with Gasteiger partial charge in [-0.25, -0.2) is 0 Å². The van der Waals surface area contributed by atoms with Crippen molar-refractivity contribution in [1.82, 2.24) is 0 Å². The van der Waals surface area contributed by atoms with Gasteiger partial charge in [-0.2, -0.15) is 4.21 Å². The molecule has 0 fully saturated rings. The van der Waals surface area contributed by atoms with Crippen LogP contribution in [0.3, 0.4) is 0 Å². The van der Waals surface area contributed by atoms with Crippen LogP contribution in [-0.2, 0) is 22.0 Å². The summed E-state index contributed by atoms with van der Waals surface area (Å²) in [6.07, 6.45) is 0. The molecule has 0 spiro atoms. The maximum atomic E-state index is 8.67. The van der Waals surface area contributed by atoms with E-state index in [4.69, 9.17) is 25.9 Å². The fourth-order valence-electron chi connectivity index (χ4n) is 0. The first-order valence-electron chi connectivity index (χ1n) is 1.03. The Hall–Kier alpha value is -0.310. The average molecular weight is 162 g/mol. The van der Waals surface area contributed by atoms with Gasteiger partial charge < -0.3 is 0 Å². The second-order valence-corrected chi connectivity index (χ2v) is 1.30. The molecular formula is H2O6S2. The molecular weight excluding hydrogens is 160 g/mol. The van der Waals surface area contributed by atoms with E-state index in [1.165, 1.54) is 0 Å². The van der Waals surface area contributed by atoms with Gasteiger partial charge in [0.05, 0.1) is 0 Å². The van der Waals surface area contributed by atoms with Crippen LogP contribution in [0.15, 0.2) is 0 Å². The minimum atomic E-state index is -3.11. The lowest BCUT2D eigenvalue weighted by molar-refractivity contribution is 0.454. The molecule has 0 aromatic rings. The van der Waals surface area contributed by atoms with Crippen molar-refractivity contribution in [3.8, 4) is 0 Å². The van der Waals surface area contributed by atoms with Gasteiger partial charge in [0.2, 0.25) is 0 Å². The lowest BCUT2D eigenvalue weighted by Gasteiger charge is -1.59. The fraction of sp³-hybridized carbons (Fsp3) is 0. The van der Waals surface area contributed by atoms with E-state index in [0.29, 0.717) is 0 Å². The second kappa shape index (κ2) is 6.69. The van der Waals surface area contributed by atoms with Crippen LogP contribution < -0.4 is 0 Å². The molecule has 0 aromatic heterocycles. The van der Waals surface area contributed by atoms with E-state index in [0.717, 1.165) is 0 Å². The number of hydrogen-bond acceptors (Lipinski definition) is 4. The van der Waals surface area contributed by atoms with E-state index < -0.39 is 22.0 Å². The molecule has 0 bridgehead atoms. The lowest BCUT2D eigenvalue weighted by atomic mass is 15.8. The SMILES string of the molecule is O=S(=O)=O.O=S(O)O. The minimum Gasteiger partial charge on any atom is -0.284 e. The highest BCUT2D eigenvalue weighted by molar-refractivity contribution is 7.73. The first-order chi connectivity index (χ1) is 3.46. The number of hydrogen-bond donors (Lipinski definition) is 2. The van der Waals surface area contributed by atoms with Crippen molar-refractivity contribution in [2.75, 3.05) is 0 Å². The van der Waals surface area contributed by atoms with Gasteiger partial charge in [0.1, 0.15) is 0 Å². The first-order valence-corrected chi connectivity index (χ1v) is 3.10. The quantitative estimate of drug-likeness (QED) is 0.427. The molecule has 0 aliphatic rings. The number of rotatable bonds is 0. The largest absolute Gasteiger partial charge is 0.425 e. The van der Waals surface area contributed by atoms with Gasteiger partial charge in [0.15, 0.2) is 0 Å². The molecule has 8 heteroatoms. The van der Waals surface area contributed by atoms with E-state index in [2.05, 4.69) is 0 Å². The standard InChI is InChI=1S/H2O3S.O3S/c2*1-4(2)3/h(H2,1,2,3);. The lowest BCUT2D eigenvalue weighted by Crippen LogP contribution is -1.74. The predicted octanol–water partition coefficient (Wildman–Crippen LogP) is -1.32. The second-order valence-electron chi connectivity index (χ2n) is 0.435. The minimum absolute atomic E-state index is 2.61. The van der Waals surface area contributed by atoms with E-state index in [9.17, 15) is 0 Å². The Morgan fingerprint density at radius 3 is 0.875 bits per heavy atom. The van der Waals surface area contributed by atoms with Crippen LogP contribution in [-0.4, -0.2) is 25.9 Å². The van der Waals surface area contributed by atoms with Crippen LogP contribution in [0.5, 0.6) is 0 Å². The summed E-state index contributed by atoms with van der Waals surface area (Å²) >= 11 is -2.61. The third-order valence-corrected chi connectivity index (χ3v) is 0. The summed E-state index contributed by atoms with van der Waals surface area (Å²) in [6, 6.07) is 0. The summed E-state index contributed by atoms with van der Waals surface area (Å²) in [5, 5.41) is 0.